The number of anilines is 1. The third kappa shape index (κ3) is 4.65. The third-order valence-electron chi connectivity index (χ3n) is 6.09. The zero-order valence-corrected chi connectivity index (χ0v) is 20.7. The molecule has 0 aliphatic heterocycles. The summed E-state index contributed by atoms with van der Waals surface area (Å²) >= 11 is 7.16. The molecule has 0 radical (unpaired) electrons. The van der Waals surface area contributed by atoms with Crippen LogP contribution in [0.1, 0.15) is 61.2 Å². The van der Waals surface area contributed by atoms with Crippen molar-refractivity contribution < 1.29 is 4.79 Å². The number of nitrogens with zero attached hydrogens (tertiary/aromatic N) is 6. The maximum Gasteiger partial charge on any atom is 0.280 e. The SMILES string of the molecule is CC(C)Cc1nc2cnc(-n3ccc(N)n3)cc2n1[C@@H]1CCC[C@H](NC(=O)c2ncc(Cl)s2)C1. The van der Waals surface area contributed by atoms with E-state index in [1.54, 1.807) is 23.1 Å². The molecule has 0 aromatic carbocycles. The maximum absolute atomic E-state index is 12.7. The molecule has 9 nitrogen and oxygen atoms in total. The number of nitrogens with two attached hydrogens (primary N) is 1. The number of imidazole rings is 1. The first-order valence-electron chi connectivity index (χ1n) is 11.5. The van der Waals surface area contributed by atoms with Gasteiger partial charge in [-0.25, -0.2) is 19.6 Å². The number of carbonyl (C=O) groups excluding carboxylic acids is 1. The fourth-order valence-corrected chi connectivity index (χ4v) is 5.50. The van der Waals surface area contributed by atoms with E-state index in [-0.39, 0.29) is 18.0 Å². The third-order valence-corrected chi connectivity index (χ3v) is 7.20. The van der Waals surface area contributed by atoms with Crippen molar-refractivity contribution in [1.82, 2.24) is 34.6 Å². The van der Waals surface area contributed by atoms with Gasteiger partial charge >= 0.3 is 0 Å². The lowest BCUT2D eigenvalue weighted by Crippen LogP contribution is -2.39. The number of pyridine rings is 1. The number of nitrogen functional groups attached to an aromatic ring is 1. The molecule has 1 aliphatic rings. The highest BCUT2D eigenvalue weighted by atomic mass is 35.5. The molecule has 1 saturated carbocycles. The Labute approximate surface area is 206 Å². The summed E-state index contributed by atoms with van der Waals surface area (Å²) in [5.74, 6) is 2.49. The normalized spacial score (nSPS) is 18.6. The van der Waals surface area contributed by atoms with Crippen LogP contribution >= 0.6 is 22.9 Å². The molecular formula is C23H27ClN8OS. The largest absolute Gasteiger partial charge is 0.382 e. The van der Waals surface area contributed by atoms with Crippen LogP contribution in [0.25, 0.3) is 16.9 Å². The van der Waals surface area contributed by atoms with E-state index < -0.39 is 0 Å². The zero-order valence-electron chi connectivity index (χ0n) is 19.1. The van der Waals surface area contributed by atoms with Crippen LogP contribution in [0.15, 0.2) is 30.7 Å². The van der Waals surface area contributed by atoms with Crippen LogP contribution < -0.4 is 11.1 Å². The number of fused-ring (bicyclic) bond motifs is 1. The average Bonchev–Trinajstić information content (AvgIpc) is 3.51. The van der Waals surface area contributed by atoms with Gasteiger partial charge in [0.05, 0.1) is 17.9 Å². The predicted octanol–water partition coefficient (Wildman–Crippen LogP) is 4.42. The van der Waals surface area contributed by atoms with Crippen molar-refractivity contribution in [3.8, 4) is 5.82 Å². The Morgan fingerprint density at radius 1 is 1.32 bits per heavy atom. The fraction of sp³-hybridized carbons (Fsp3) is 0.435. The van der Waals surface area contributed by atoms with E-state index >= 15 is 0 Å². The molecular weight excluding hydrogens is 472 g/mol. The number of carbonyl (C=O) groups is 1. The van der Waals surface area contributed by atoms with Crippen molar-refractivity contribution in [1.29, 1.82) is 0 Å². The van der Waals surface area contributed by atoms with Gasteiger partial charge in [0.25, 0.3) is 5.91 Å². The molecule has 0 unspecified atom stereocenters. The van der Waals surface area contributed by atoms with Crippen LogP contribution in [0, 0.1) is 5.92 Å². The molecule has 3 N–H and O–H groups in total. The molecule has 5 rings (SSSR count). The van der Waals surface area contributed by atoms with Crippen molar-refractivity contribution in [3.63, 3.8) is 0 Å². The molecule has 0 spiro atoms. The number of nitrogens with one attached hydrogen (secondary N) is 1. The predicted molar refractivity (Wildman–Crippen MR) is 133 cm³/mol. The number of hydrogen-bond acceptors (Lipinski definition) is 7. The molecule has 4 heterocycles. The molecule has 1 fully saturated rings. The molecule has 4 aromatic rings. The van der Waals surface area contributed by atoms with Gasteiger partial charge in [-0.15, -0.1) is 5.10 Å². The molecule has 1 amide bonds. The molecule has 4 aromatic heterocycles. The van der Waals surface area contributed by atoms with E-state index in [9.17, 15) is 4.79 Å². The zero-order chi connectivity index (χ0) is 23.8. The van der Waals surface area contributed by atoms with Gasteiger partial charge < -0.3 is 15.6 Å². The number of thiazole rings is 1. The maximum atomic E-state index is 12.7. The monoisotopic (exact) mass is 498 g/mol. The number of hydrogen-bond donors (Lipinski definition) is 2. The first kappa shape index (κ1) is 22.8. The first-order valence-corrected chi connectivity index (χ1v) is 12.7. The molecule has 0 saturated heterocycles. The van der Waals surface area contributed by atoms with E-state index in [2.05, 4.69) is 38.8 Å². The lowest BCUT2D eigenvalue weighted by Gasteiger charge is -2.32. The van der Waals surface area contributed by atoms with Gasteiger partial charge in [0, 0.05) is 36.8 Å². The van der Waals surface area contributed by atoms with E-state index in [4.69, 9.17) is 22.3 Å². The lowest BCUT2D eigenvalue weighted by molar-refractivity contribution is 0.0920. The first-order chi connectivity index (χ1) is 16.4. The van der Waals surface area contributed by atoms with Gasteiger partial charge in [-0.3, -0.25) is 4.79 Å². The van der Waals surface area contributed by atoms with E-state index in [0.29, 0.717) is 26.9 Å². The van der Waals surface area contributed by atoms with Gasteiger partial charge in [0.15, 0.2) is 10.8 Å². The minimum Gasteiger partial charge on any atom is -0.382 e. The summed E-state index contributed by atoms with van der Waals surface area (Å²) in [6.45, 7) is 4.39. The minimum atomic E-state index is -0.164. The average molecular weight is 499 g/mol. The summed E-state index contributed by atoms with van der Waals surface area (Å²) in [7, 11) is 0. The van der Waals surface area contributed by atoms with E-state index in [1.807, 2.05) is 6.07 Å². The Bertz CT molecular complexity index is 1330. The summed E-state index contributed by atoms with van der Waals surface area (Å²) in [4.78, 5) is 26.3. The van der Waals surface area contributed by atoms with Gasteiger partial charge in [0.1, 0.15) is 21.5 Å². The molecule has 1 aliphatic carbocycles. The molecule has 11 heteroatoms. The smallest absolute Gasteiger partial charge is 0.280 e. The Hall–Kier alpha value is -2.98. The Balaban J connectivity index is 1.46. The molecule has 2 atom stereocenters. The summed E-state index contributed by atoms with van der Waals surface area (Å²) in [6.07, 6.45) is 9.79. The second-order valence-corrected chi connectivity index (χ2v) is 10.8. The fourth-order valence-electron chi connectivity index (χ4n) is 4.68. The van der Waals surface area contributed by atoms with Gasteiger partial charge in [-0.1, -0.05) is 36.8 Å². The topological polar surface area (TPSA) is 117 Å². The van der Waals surface area contributed by atoms with Crippen molar-refractivity contribution in [2.24, 2.45) is 5.92 Å². The summed E-state index contributed by atoms with van der Waals surface area (Å²) in [5, 5.41) is 7.86. The van der Waals surface area contributed by atoms with Crippen molar-refractivity contribution in [3.05, 3.63) is 45.9 Å². The van der Waals surface area contributed by atoms with Gasteiger partial charge in [-0.2, -0.15) is 0 Å². The number of amides is 1. The molecule has 178 valence electrons. The van der Waals surface area contributed by atoms with Crippen LogP contribution in [0.2, 0.25) is 4.34 Å². The lowest BCUT2D eigenvalue weighted by atomic mass is 9.90. The van der Waals surface area contributed by atoms with Crippen LogP contribution in [0.4, 0.5) is 5.82 Å². The van der Waals surface area contributed by atoms with Crippen LogP contribution in [-0.2, 0) is 6.42 Å². The number of halogens is 1. The van der Waals surface area contributed by atoms with Crippen molar-refractivity contribution >= 4 is 45.7 Å². The quantitative estimate of drug-likeness (QED) is 0.406. The van der Waals surface area contributed by atoms with Crippen molar-refractivity contribution in [2.75, 3.05) is 5.73 Å². The van der Waals surface area contributed by atoms with Crippen LogP contribution in [0.5, 0.6) is 0 Å². The summed E-state index contributed by atoms with van der Waals surface area (Å²) < 4.78 is 4.54. The number of rotatable bonds is 6. The minimum absolute atomic E-state index is 0.0606. The molecule has 0 bridgehead atoms. The Morgan fingerprint density at radius 3 is 2.88 bits per heavy atom. The standard InChI is InChI=1S/C23H27ClN8OS/c1-13(2)8-21-29-16-11-26-20(31-7-6-19(25)30-31)10-17(16)32(21)15-5-3-4-14(9-15)28-22(33)23-27-12-18(24)34-23/h6-7,10-15H,3-5,8-9H2,1-2H3,(H2,25,30)(H,28,33)/t14-,15+/m0/s1. The Morgan fingerprint density at radius 2 is 2.18 bits per heavy atom. The second-order valence-electron chi connectivity index (χ2n) is 9.17. The highest BCUT2D eigenvalue weighted by molar-refractivity contribution is 7.17. The van der Waals surface area contributed by atoms with Crippen LogP contribution in [-0.4, -0.2) is 41.2 Å². The van der Waals surface area contributed by atoms with Crippen molar-refractivity contribution in [2.45, 2.75) is 58.0 Å². The van der Waals surface area contributed by atoms with Gasteiger partial charge in [0.2, 0.25) is 0 Å². The van der Waals surface area contributed by atoms with Crippen LogP contribution in [0.3, 0.4) is 0 Å². The summed E-state index contributed by atoms with van der Waals surface area (Å²) in [5.41, 5.74) is 7.70. The highest BCUT2D eigenvalue weighted by Gasteiger charge is 2.28. The second kappa shape index (κ2) is 9.34. The number of aromatic nitrogens is 6. The molecule has 34 heavy (non-hydrogen) atoms. The van der Waals surface area contributed by atoms with Gasteiger partial charge in [-0.05, 0) is 31.6 Å². The Kier molecular flexibility index (Phi) is 6.26. The summed E-state index contributed by atoms with van der Waals surface area (Å²) in [6, 6.07) is 4.05. The van der Waals surface area contributed by atoms with E-state index in [0.717, 1.165) is 49.0 Å². The highest BCUT2D eigenvalue weighted by Crippen LogP contribution is 2.34. The van der Waals surface area contributed by atoms with E-state index in [1.165, 1.54) is 17.5 Å².